The van der Waals surface area contributed by atoms with Crippen LogP contribution < -0.4 is 15.1 Å². The summed E-state index contributed by atoms with van der Waals surface area (Å²) in [6, 6.07) is 17.5. The highest BCUT2D eigenvalue weighted by molar-refractivity contribution is 6.24. The van der Waals surface area contributed by atoms with E-state index in [9.17, 15) is 20.2 Å². The van der Waals surface area contributed by atoms with Crippen molar-refractivity contribution < 1.29 is 14.6 Å². The number of piperazine rings is 2. The zero-order chi connectivity index (χ0) is 38.7. The van der Waals surface area contributed by atoms with Gasteiger partial charge in [-0.25, -0.2) is 9.97 Å². The number of nitro benzene ring substituents is 2. The largest absolute Gasteiger partial charge is 0.354 e. The van der Waals surface area contributed by atoms with Gasteiger partial charge in [-0.3, -0.25) is 35.2 Å². The Morgan fingerprint density at radius 1 is 0.782 bits per heavy atom. The molecular weight excluding hydrogens is 749 g/mol. The third kappa shape index (κ3) is 9.58. The molecule has 0 saturated carbocycles. The molecule has 8 rings (SSSR count). The number of aromatic amines is 1. The zero-order valence-corrected chi connectivity index (χ0v) is 31.3. The number of aldehydes is 1. The Bertz CT molecular complexity index is 2170. The van der Waals surface area contributed by atoms with Crippen molar-refractivity contribution in [3.63, 3.8) is 0 Å². The summed E-state index contributed by atoms with van der Waals surface area (Å²) >= 11 is 10.6. The molecule has 286 valence electrons. The molecule has 0 bridgehead atoms. The number of H-pyrrole nitrogens is 1. The van der Waals surface area contributed by atoms with Crippen LogP contribution in [0.3, 0.4) is 0 Å². The van der Waals surface area contributed by atoms with Gasteiger partial charge in [0.1, 0.15) is 23.6 Å². The van der Waals surface area contributed by atoms with E-state index < -0.39 is 4.92 Å². The molecule has 55 heavy (non-hydrogen) atoms. The molecule has 6 heterocycles. The fourth-order valence-electron chi connectivity index (χ4n) is 6.56. The Morgan fingerprint density at radius 2 is 1.40 bits per heavy atom. The Labute approximate surface area is 326 Å². The van der Waals surface area contributed by atoms with Crippen LogP contribution in [0.25, 0.3) is 22.2 Å². The lowest BCUT2D eigenvalue weighted by molar-refractivity contribution is -0.385. The molecule has 0 spiro atoms. The monoisotopic (exact) mass is 787 g/mol. The van der Waals surface area contributed by atoms with Crippen LogP contribution in [0.15, 0.2) is 78.0 Å². The summed E-state index contributed by atoms with van der Waals surface area (Å²) in [4.78, 5) is 50.9. The van der Waals surface area contributed by atoms with Gasteiger partial charge in [0.15, 0.2) is 0 Å². The number of pyridine rings is 2. The number of nitrogens with zero attached hydrogens (tertiary/aromatic N) is 9. The lowest BCUT2D eigenvalue weighted by Gasteiger charge is -2.35. The average Bonchev–Trinajstić information content (AvgIpc) is 3.86. The van der Waals surface area contributed by atoms with Crippen molar-refractivity contribution in [1.82, 2.24) is 30.4 Å². The van der Waals surface area contributed by atoms with Gasteiger partial charge in [-0.2, -0.15) is 5.10 Å². The standard InChI is InChI=1S/C19H20ClN5O2.C16H16N6O2.C2H3ClO/c20-4-6-23-7-9-24(10-8-23)18-11-14(3-5-21-18)19-17-12-16(25(26)27)2-1-15(17)13-22-19;23-22(24)12-1-2-14-13(10-12)16(20-19-14)11-3-4-18-15(9-11)21-7-5-17-6-8-21;3-1-2-4/h1-3,5,11-12H,4,6-10,13H2;1-4,9-10,17H,5-8H2,(H,19,20);2H,1H2. The fraction of sp³-hybridized carbons (Fsp3) is 0.324. The number of hydrogen-bond donors (Lipinski definition) is 2. The Kier molecular flexibility index (Phi) is 13.3. The highest BCUT2D eigenvalue weighted by Crippen LogP contribution is 2.31. The third-order valence-corrected chi connectivity index (χ3v) is 9.66. The van der Waals surface area contributed by atoms with Gasteiger partial charge in [0.25, 0.3) is 11.4 Å². The smallest absolute Gasteiger partial charge is 0.270 e. The molecule has 0 atom stereocenters. The van der Waals surface area contributed by atoms with Crippen molar-refractivity contribution in [2.45, 2.75) is 6.54 Å². The van der Waals surface area contributed by atoms with Crippen LogP contribution in [0.4, 0.5) is 23.0 Å². The second-order valence-electron chi connectivity index (χ2n) is 12.7. The van der Waals surface area contributed by atoms with Crippen LogP contribution in [0.2, 0.25) is 0 Å². The quantitative estimate of drug-likeness (QED) is 0.0874. The maximum absolute atomic E-state index is 11.1. The van der Waals surface area contributed by atoms with Crippen molar-refractivity contribution in [3.8, 4) is 11.3 Å². The van der Waals surface area contributed by atoms with Gasteiger partial charge >= 0.3 is 0 Å². The van der Waals surface area contributed by atoms with Gasteiger partial charge in [0, 0.05) is 124 Å². The minimum atomic E-state index is -0.394. The van der Waals surface area contributed by atoms with E-state index >= 15 is 0 Å². The van der Waals surface area contributed by atoms with Crippen LogP contribution in [0, 0.1) is 20.2 Å². The van der Waals surface area contributed by atoms with E-state index in [1.165, 1.54) is 12.1 Å². The van der Waals surface area contributed by atoms with Crippen LogP contribution >= 0.6 is 23.2 Å². The second-order valence-corrected chi connectivity index (χ2v) is 13.4. The highest BCUT2D eigenvalue weighted by Gasteiger charge is 2.23. The molecule has 18 heteroatoms. The number of hydrogen-bond acceptors (Lipinski definition) is 13. The van der Waals surface area contributed by atoms with Crippen LogP contribution in [0.1, 0.15) is 16.7 Å². The van der Waals surface area contributed by atoms with Gasteiger partial charge < -0.3 is 19.9 Å². The van der Waals surface area contributed by atoms with Crippen LogP contribution in [-0.2, 0) is 11.3 Å². The normalized spacial score (nSPS) is 15.3. The third-order valence-electron chi connectivity index (χ3n) is 9.36. The number of halogens is 2. The number of fused-ring (bicyclic) bond motifs is 2. The van der Waals surface area contributed by atoms with Crippen molar-refractivity contribution >= 4 is 69.1 Å². The number of nitrogens with one attached hydrogen (secondary N) is 2. The van der Waals surface area contributed by atoms with E-state index in [1.807, 2.05) is 24.3 Å². The maximum atomic E-state index is 11.1. The molecule has 2 fully saturated rings. The number of rotatable bonds is 9. The predicted molar refractivity (Wildman–Crippen MR) is 214 cm³/mol. The number of carbonyl (C=O) groups excluding carboxylic acids is 1. The van der Waals surface area contributed by atoms with E-state index in [0.717, 1.165) is 109 Å². The van der Waals surface area contributed by atoms with E-state index in [0.29, 0.717) is 24.4 Å². The van der Waals surface area contributed by atoms with Crippen molar-refractivity contribution in [2.75, 3.05) is 80.5 Å². The van der Waals surface area contributed by atoms with Gasteiger partial charge in [-0.15, -0.1) is 23.2 Å². The summed E-state index contributed by atoms with van der Waals surface area (Å²) in [5.74, 6) is 2.58. The molecule has 0 aliphatic carbocycles. The Morgan fingerprint density at radius 3 is 2.05 bits per heavy atom. The molecule has 3 aliphatic heterocycles. The molecule has 2 aromatic carbocycles. The lowest BCUT2D eigenvalue weighted by atomic mass is 10.00. The summed E-state index contributed by atoms with van der Waals surface area (Å²) in [7, 11) is 0. The van der Waals surface area contributed by atoms with Crippen LogP contribution in [0.5, 0.6) is 0 Å². The van der Waals surface area contributed by atoms with Crippen LogP contribution in [-0.4, -0.2) is 118 Å². The molecule has 3 aromatic heterocycles. The number of alkyl halides is 2. The number of non-ortho nitro benzene ring substituents is 2. The summed E-state index contributed by atoms with van der Waals surface area (Å²) in [5, 5.41) is 33.5. The number of benzene rings is 2. The minimum absolute atomic E-state index is 0.0570. The zero-order valence-electron chi connectivity index (χ0n) is 29.8. The van der Waals surface area contributed by atoms with Crippen molar-refractivity contribution in [3.05, 3.63) is 110 Å². The molecule has 0 unspecified atom stereocenters. The summed E-state index contributed by atoms with van der Waals surface area (Å²) in [6.45, 7) is 8.89. The first-order valence-electron chi connectivity index (χ1n) is 17.7. The van der Waals surface area contributed by atoms with E-state index in [1.54, 1.807) is 36.7 Å². The van der Waals surface area contributed by atoms with Gasteiger partial charge in [0.2, 0.25) is 0 Å². The van der Waals surface area contributed by atoms with Crippen molar-refractivity contribution in [1.29, 1.82) is 0 Å². The van der Waals surface area contributed by atoms with Crippen molar-refractivity contribution in [2.24, 2.45) is 4.99 Å². The Hall–Kier alpha value is -5.55. The highest BCUT2D eigenvalue weighted by atomic mass is 35.5. The predicted octanol–water partition coefficient (Wildman–Crippen LogP) is 5.07. The van der Waals surface area contributed by atoms with E-state index in [-0.39, 0.29) is 22.2 Å². The number of nitro groups is 2. The lowest BCUT2D eigenvalue weighted by Crippen LogP contribution is -2.47. The van der Waals surface area contributed by atoms with E-state index in [2.05, 4.69) is 45.2 Å². The first-order chi connectivity index (χ1) is 26.8. The average molecular weight is 789 g/mol. The SMILES string of the molecule is O=CCCl.O=[N+]([O-])c1ccc2[nH]nc(-c3ccnc(N4CCNCC4)c3)c2c1.O=[N+]([O-])c1ccc2c(c1)C(c1ccnc(N3CCN(CCCl)CC3)c1)=NC2. The molecule has 2 saturated heterocycles. The molecular formula is C37H39Cl2N11O5. The fourth-order valence-corrected chi connectivity index (χ4v) is 6.80. The first kappa shape index (κ1) is 39.2. The maximum Gasteiger partial charge on any atom is 0.270 e. The molecule has 2 N–H and O–H groups in total. The molecule has 5 aromatic rings. The van der Waals surface area contributed by atoms with Gasteiger partial charge in [-0.1, -0.05) is 0 Å². The minimum Gasteiger partial charge on any atom is -0.354 e. The molecule has 0 amide bonds. The molecule has 0 radical (unpaired) electrons. The van der Waals surface area contributed by atoms with Gasteiger partial charge in [-0.05, 0) is 42.0 Å². The second kappa shape index (κ2) is 18.7. The topological polar surface area (TPSA) is 192 Å². The van der Waals surface area contributed by atoms with E-state index in [4.69, 9.17) is 28.0 Å². The molecule has 16 nitrogen and oxygen atoms in total. The number of anilines is 2. The summed E-state index contributed by atoms with van der Waals surface area (Å²) in [5.41, 5.74) is 6.13. The molecule has 3 aliphatic rings. The number of carbonyl (C=O) groups is 1. The number of aliphatic imine (C=N–C) groups is 1. The first-order valence-corrected chi connectivity index (χ1v) is 18.7. The van der Waals surface area contributed by atoms with Gasteiger partial charge in [0.05, 0.1) is 33.5 Å². The summed E-state index contributed by atoms with van der Waals surface area (Å²) in [6.07, 6.45) is 4.18. The summed E-state index contributed by atoms with van der Waals surface area (Å²) < 4.78 is 0. The number of aromatic nitrogens is 4. The Balaban J connectivity index is 0.000000172.